The lowest BCUT2D eigenvalue weighted by atomic mass is 9.98. The fourth-order valence-electron chi connectivity index (χ4n) is 3.21. The van der Waals surface area contributed by atoms with E-state index in [0.29, 0.717) is 12.5 Å². The van der Waals surface area contributed by atoms with Gasteiger partial charge in [-0.05, 0) is 36.5 Å². The summed E-state index contributed by atoms with van der Waals surface area (Å²) in [5.41, 5.74) is 3.13. The minimum absolute atomic E-state index is 0.500. The van der Waals surface area contributed by atoms with E-state index in [1.807, 2.05) is 30.5 Å². The first kappa shape index (κ1) is 17.3. The SMILES string of the molecule is CC[C@@H](C)c1ccccc1OCCCn1cc(C=O)c2ccccc21. The predicted octanol–water partition coefficient (Wildman–Crippen LogP) is 5.44. The number of hydrogen-bond acceptors (Lipinski definition) is 2. The van der Waals surface area contributed by atoms with E-state index in [2.05, 4.69) is 42.7 Å². The minimum atomic E-state index is 0.500. The zero-order valence-corrected chi connectivity index (χ0v) is 14.9. The van der Waals surface area contributed by atoms with E-state index < -0.39 is 0 Å². The van der Waals surface area contributed by atoms with Gasteiger partial charge >= 0.3 is 0 Å². The van der Waals surface area contributed by atoms with Crippen molar-refractivity contribution in [3.8, 4) is 5.75 Å². The monoisotopic (exact) mass is 335 g/mol. The Morgan fingerprint density at radius 3 is 2.68 bits per heavy atom. The van der Waals surface area contributed by atoms with Crippen molar-refractivity contribution in [1.82, 2.24) is 4.57 Å². The van der Waals surface area contributed by atoms with Gasteiger partial charge in [-0.25, -0.2) is 0 Å². The molecule has 3 aromatic rings. The lowest BCUT2D eigenvalue weighted by Crippen LogP contribution is -2.06. The number of hydrogen-bond donors (Lipinski definition) is 0. The van der Waals surface area contributed by atoms with Gasteiger partial charge in [0.1, 0.15) is 5.75 Å². The average molecular weight is 335 g/mol. The van der Waals surface area contributed by atoms with E-state index in [1.165, 1.54) is 5.56 Å². The maximum Gasteiger partial charge on any atom is 0.152 e. The van der Waals surface area contributed by atoms with Crippen molar-refractivity contribution in [2.24, 2.45) is 0 Å². The van der Waals surface area contributed by atoms with Crippen molar-refractivity contribution in [3.05, 3.63) is 65.9 Å². The predicted molar refractivity (Wildman–Crippen MR) is 103 cm³/mol. The number of rotatable bonds is 8. The topological polar surface area (TPSA) is 31.2 Å². The molecule has 1 atom stereocenters. The Hall–Kier alpha value is -2.55. The second-order valence-electron chi connectivity index (χ2n) is 6.46. The average Bonchev–Trinajstić information content (AvgIpc) is 3.03. The van der Waals surface area contributed by atoms with E-state index in [-0.39, 0.29) is 0 Å². The van der Waals surface area contributed by atoms with Crippen LogP contribution in [0.1, 0.15) is 48.5 Å². The highest BCUT2D eigenvalue weighted by molar-refractivity contribution is 5.97. The number of fused-ring (bicyclic) bond motifs is 1. The molecule has 3 rings (SSSR count). The summed E-state index contributed by atoms with van der Waals surface area (Å²) in [7, 11) is 0. The molecule has 0 fully saturated rings. The van der Waals surface area contributed by atoms with Gasteiger partial charge < -0.3 is 9.30 Å². The van der Waals surface area contributed by atoms with Crippen LogP contribution in [0.4, 0.5) is 0 Å². The maximum absolute atomic E-state index is 11.2. The summed E-state index contributed by atoms with van der Waals surface area (Å²) in [6.45, 7) is 5.93. The Morgan fingerprint density at radius 1 is 1.12 bits per heavy atom. The number of ether oxygens (including phenoxy) is 1. The molecule has 0 radical (unpaired) electrons. The van der Waals surface area contributed by atoms with Gasteiger partial charge in [-0.15, -0.1) is 0 Å². The van der Waals surface area contributed by atoms with Crippen molar-refractivity contribution < 1.29 is 9.53 Å². The fourth-order valence-corrected chi connectivity index (χ4v) is 3.21. The molecule has 1 heterocycles. The van der Waals surface area contributed by atoms with Gasteiger partial charge in [0.25, 0.3) is 0 Å². The molecule has 0 aliphatic rings. The maximum atomic E-state index is 11.2. The lowest BCUT2D eigenvalue weighted by Gasteiger charge is -2.15. The van der Waals surface area contributed by atoms with Crippen LogP contribution in [0.3, 0.4) is 0 Å². The molecule has 2 aromatic carbocycles. The molecule has 0 amide bonds. The van der Waals surface area contributed by atoms with Crippen LogP contribution in [0.5, 0.6) is 5.75 Å². The summed E-state index contributed by atoms with van der Waals surface area (Å²) >= 11 is 0. The summed E-state index contributed by atoms with van der Waals surface area (Å²) < 4.78 is 8.19. The van der Waals surface area contributed by atoms with Gasteiger partial charge in [0.2, 0.25) is 0 Å². The Kier molecular flexibility index (Phi) is 5.54. The zero-order valence-electron chi connectivity index (χ0n) is 14.9. The molecular formula is C22H25NO2. The van der Waals surface area contributed by atoms with Crippen LogP contribution >= 0.6 is 0 Å². The number of aldehydes is 1. The zero-order chi connectivity index (χ0) is 17.6. The molecule has 0 spiro atoms. The number of aryl methyl sites for hydroxylation is 1. The van der Waals surface area contributed by atoms with E-state index >= 15 is 0 Å². The molecule has 0 bridgehead atoms. The molecule has 3 heteroatoms. The molecule has 25 heavy (non-hydrogen) atoms. The largest absolute Gasteiger partial charge is 0.493 e. The molecule has 0 saturated carbocycles. The molecule has 0 N–H and O–H groups in total. The Bertz CT molecular complexity index is 850. The molecule has 3 nitrogen and oxygen atoms in total. The quantitative estimate of drug-likeness (QED) is 0.405. The van der Waals surface area contributed by atoms with Crippen molar-refractivity contribution in [3.63, 3.8) is 0 Å². The normalized spacial score (nSPS) is 12.2. The van der Waals surface area contributed by atoms with Gasteiger partial charge in [0.05, 0.1) is 6.61 Å². The second-order valence-corrected chi connectivity index (χ2v) is 6.46. The van der Waals surface area contributed by atoms with Crippen LogP contribution in [0.15, 0.2) is 54.7 Å². The van der Waals surface area contributed by atoms with Crippen molar-refractivity contribution in [2.45, 2.75) is 39.2 Å². The summed E-state index contributed by atoms with van der Waals surface area (Å²) in [5, 5.41) is 1.01. The van der Waals surface area contributed by atoms with Gasteiger partial charge in [-0.3, -0.25) is 4.79 Å². The standard InChI is InChI=1S/C22H25NO2/c1-3-17(2)19-9-5-7-12-22(19)25-14-8-13-23-15-18(16-24)20-10-4-6-11-21(20)23/h4-7,9-12,15-17H,3,8,13-14H2,1-2H3/t17-/m1/s1. The van der Waals surface area contributed by atoms with Crippen LogP contribution in [-0.2, 0) is 6.54 Å². The highest BCUT2D eigenvalue weighted by Crippen LogP contribution is 2.28. The van der Waals surface area contributed by atoms with E-state index in [1.54, 1.807) is 0 Å². The molecule has 130 valence electrons. The number of nitrogens with zero attached hydrogens (tertiary/aromatic N) is 1. The molecule has 0 aliphatic carbocycles. The second kappa shape index (κ2) is 8.02. The van der Waals surface area contributed by atoms with Gasteiger partial charge in [-0.1, -0.05) is 50.2 Å². The van der Waals surface area contributed by atoms with Gasteiger partial charge in [-0.2, -0.15) is 0 Å². The van der Waals surface area contributed by atoms with Crippen LogP contribution in [-0.4, -0.2) is 17.5 Å². The Labute approximate surface area is 149 Å². The smallest absolute Gasteiger partial charge is 0.152 e. The molecular weight excluding hydrogens is 310 g/mol. The van der Waals surface area contributed by atoms with Crippen LogP contribution in [0, 0.1) is 0 Å². The van der Waals surface area contributed by atoms with E-state index in [9.17, 15) is 4.79 Å². The lowest BCUT2D eigenvalue weighted by molar-refractivity contribution is 0.112. The first-order valence-corrected chi connectivity index (χ1v) is 8.99. The van der Waals surface area contributed by atoms with Crippen LogP contribution in [0.25, 0.3) is 10.9 Å². The number of benzene rings is 2. The third-order valence-corrected chi connectivity index (χ3v) is 4.81. The van der Waals surface area contributed by atoms with E-state index in [0.717, 1.165) is 47.9 Å². The number of aromatic nitrogens is 1. The van der Waals surface area contributed by atoms with Crippen molar-refractivity contribution >= 4 is 17.2 Å². The van der Waals surface area contributed by atoms with E-state index in [4.69, 9.17) is 4.74 Å². The Balaban J connectivity index is 1.64. The summed E-state index contributed by atoms with van der Waals surface area (Å²) in [6.07, 6.45) is 4.86. The summed E-state index contributed by atoms with van der Waals surface area (Å²) in [4.78, 5) is 11.2. The Morgan fingerprint density at radius 2 is 1.88 bits per heavy atom. The number of carbonyl (C=O) groups is 1. The molecule has 0 saturated heterocycles. The van der Waals surface area contributed by atoms with Gasteiger partial charge in [0.15, 0.2) is 6.29 Å². The van der Waals surface area contributed by atoms with Gasteiger partial charge in [0, 0.05) is 29.2 Å². The third-order valence-electron chi connectivity index (χ3n) is 4.81. The molecule has 0 unspecified atom stereocenters. The van der Waals surface area contributed by atoms with Crippen LogP contribution < -0.4 is 4.74 Å². The molecule has 0 aliphatic heterocycles. The van der Waals surface area contributed by atoms with Crippen LogP contribution in [0.2, 0.25) is 0 Å². The number of carbonyl (C=O) groups excluding carboxylic acids is 1. The first-order chi connectivity index (χ1) is 12.2. The van der Waals surface area contributed by atoms with Crippen molar-refractivity contribution in [1.29, 1.82) is 0 Å². The minimum Gasteiger partial charge on any atom is -0.493 e. The highest BCUT2D eigenvalue weighted by atomic mass is 16.5. The molecule has 1 aromatic heterocycles. The first-order valence-electron chi connectivity index (χ1n) is 8.99. The summed E-state index contributed by atoms with van der Waals surface area (Å²) in [5.74, 6) is 1.49. The fraction of sp³-hybridized carbons (Fsp3) is 0.318. The number of para-hydroxylation sites is 2. The third kappa shape index (κ3) is 3.76. The van der Waals surface area contributed by atoms with Crippen molar-refractivity contribution in [2.75, 3.05) is 6.61 Å². The summed E-state index contributed by atoms with van der Waals surface area (Å²) in [6, 6.07) is 16.3. The highest BCUT2D eigenvalue weighted by Gasteiger charge is 2.10.